The summed E-state index contributed by atoms with van der Waals surface area (Å²) in [5, 5.41) is 0. The number of hydrogen-bond donors (Lipinski definition) is 0. The average molecular weight is 406 g/mol. The molecular formula is C28H27N3. The maximum Gasteiger partial charge on any atom is 0.164 e. The van der Waals surface area contributed by atoms with Gasteiger partial charge in [0.25, 0.3) is 0 Å². The normalized spacial score (nSPS) is 14.5. The van der Waals surface area contributed by atoms with Gasteiger partial charge in [0.05, 0.1) is 0 Å². The van der Waals surface area contributed by atoms with Gasteiger partial charge in [0.2, 0.25) is 0 Å². The standard InChI is InChI=1S/C28H27N3/c1-20-15-17-23(18-16-20)27-29-26(22-11-6-3-7-12-22)30-28(31-27)25-14-8-13-24(19-25)21-9-4-2-5-10-21/h3,6-8,11-19,21H,2,4-5,9-10H2,1H3. The zero-order chi connectivity index (χ0) is 21.0. The Morgan fingerprint density at radius 2 is 1.16 bits per heavy atom. The Morgan fingerprint density at radius 3 is 1.84 bits per heavy atom. The van der Waals surface area contributed by atoms with Crippen molar-refractivity contribution in [2.75, 3.05) is 0 Å². The molecule has 5 rings (SSSR count). The molecule has 0 spiro atoms. The highest BCUT2D eigenvalue weighted by molar-refractivity contribution is 5.66. The fraction of sp³-hybridized carbons (Fsp3) is 0.250. The van der Waals surface area contributed by atoms with E-state index in [0.717, 1.165) is 22.5 Å². The minimum absolute atomic E-state index is 0.653. The molecule has 0 bridgehead atoms. The van der Waals surface area contributed by atoms with Gasteiger partial charge in [0.1, 0.15) is 0 Å². The van der Waals surface area contributed by atoms with E-state index in [1.54, 1.807) is 0 Å². The molecule has 154 valence electrons. The van der Waals surface area contributed by atoms with E-state index in [-0.39, 0.29) is 0 Å². The molecule has 0 atom stereocenters. The molecule has 4 aromatic rings. The van der Waals surface area contributed by atoms with E-state index in [2.05, 4.69) is 67.6 Å². The minimum Gasteiger partial charge on any atom is -0.208 e. The summed E-state index contributed by atoms with van der Waals surface area (Å²) >= 11 is 0. The fourth-order valence-corrected chi connectivity index (χ4v) is 4.42. The molecule has 1 saturated carbocycles. The van der Waals surface area contributed by atoms with Crippen molar-refractivity contribution < 1.29 is 0 Å². The first kappa shape index (κ1) is 19.6. The van der Waals surface area contributed by atoms with Gasteiger partial charge < -0.3 is 0 Å². The van der Waals surface area contributed by atoms with Crippen LogP contribution in [0.5, 0.6) is 0 Å². The number of aryl methyl sites for hydroxylation is 1. The van der Waals surface area contributed by atoms with Crippen LogP contribution in [0.2, 0.25) is 0 Å². The highest BCUT2D eigenvalue weighted by atomic mass is 15.0. The molecule has 0 aliphatic heterocycles. The highest BCUT2D eigenvalue weighted by Gasteiger charge is 2.17. The second-order valence-corrected chi connectivity index (χ2v) is 8.50. The lowest BCUT2D eigenvalue weighted by Gasteiger charge is -2.22. The fourth-order valence-electron chi connectivity index (χ4n) is 4.42. The third-order valence-corrected chi connectivity index (χ3v) is 6.20. The van der Waals surface area contributed by atoms with Gasteiger partial charge in [-0.15, -0.1) is 0 Å². The predicted molar refractivity (Wildman–Crippen MR) is 127 cm³/mol. The topological polar surface area (TPSA) is 38.7 Å². The van der Waals surface area contributed by atoms with Crippen molar-refractivity contribution in [2.45, 2.75) is 44.9 Å². The molecule has 3 nitrogen and oxygen atoms in total. The molecule has 1 fully saturated rings. The molecule has 0 amide bonds. The van der Waals surface area contributed by atoms with Crippen molar-refractivity contribution in [1.29, 1.82) is 0 Å². The third-order valence-electron chi connectivity index (χ3n) is 6.20. The maximum absolute atomic E-state index is 4.89. The molecule has 1 aliphatic rings. The Hall–Kier alpha value is -3.33. The molecular weight excluding hydrogens is 378 g/mol. The van der Waals surface area contributed by atoms with Crippen molar-refractivity contribution in [3.63, 3.8) is 0 Å². The molecule has 1 aromatic heterocycles. The van der Waals surface area contributed by atoms with Crippen molar-refractivity contribution in [3.05, 3.63) is 90.0 Å². The lowest BCUT2D eigenvalue weighted by atomic mass is 9.83. The van der Waals surface area contributed by atoms with E-state index in [1.807, 2.05) is 18.2 Å². The van der Waals surface area contributed by atoms with E-state index in [9.17, 15) is 0 Å². The van der Waals surface area contributed by atoms with Crippen molar-refractivity contribution >= 4 is 0 Å². The number of aromatic nitrogens is 3. The maximum atomic E-state index is 4.89. The summed E-state index contributed by atoms with van der Waals surface area (Å²) in [5.74, 6) is 2.82. The first-order chi connectivity index (χ1) is 15.3. The largest absolute Gasteiger partial charge is 0.208 e. The van der Waals surface area contributed by atoms with E-state index >= 15 is 0 Å². The van der Waals surface area contributed by atoms with E-state index in [1.165, 1.54) is 43.2 Å². The summed E-state index contributed by atoms with van der Waals surface area (Å²) < 4.78 is 0. The number of benzene rings is 3. The Morgan fingerprint density at radius 1 is 0.581 bits per heavy atom. The Balaban J connectivity index is 1.61. The molecule has 3 heteroatoms. The molecule has 0 radical (unpaired) electrons. The van der Waals surface area contributed by atoms with Gasteiger partial charge in [-0.3, -0.25) is 0 Å². The summed E-state index contributed by atoms with van der Waals surface area (Å²) in [6.07, 6.45) is 6.59. The quantitative estimate of drug-likeness (QED) is 0.359. The molecule has 1 aliphatic carbocycles. The average Bonchev–Trinajstić information content (AvgIpc) is 2.85. The highest BCUT2D eigenvalue weighted by Crippen LogP contribution is 2.34. The molecule has 31 heavy (non-hydrogen) atoms. The molecule has 0 saturated heterocycles. The molecule has 0 unspecified atom stereocenters. The van der Waals surface area contributed by atoms with Crippen LogP contribution < -0.4 is 0 Å². The zero-order valence-electron chi connectivity index (χ0n) is 18.0. The van der Waals surface area contributed by atoms with Gasteiger partial charge in [-0.1, -0.05) is 97.6 Å². The van der Waals surface area contributed by atoms with Crippen LogP contribution in [0.3, 0.4) is 0 Å². The summed E-state index contributed by atoms with van der Waals surface area (Å²) in [6.45, 7) is 2.09. The number of nitrogens with zero attached hydrogens (tertiary/aromatic N) is 3. The molecule has 0 N–H and O–H groups in total. The second kappa shape index (κ2) is 8.81. The monoisotopic (exact) mass is 405 g/mol. The predicted octanol–water partition coefficient (Wildman–Crippen LogP) is 7.23. The summed E-state index contributed by atoms with van der Waals surface area (Å²) in [7, 11) is 0. The van der Waals surface area contributed by atoms with E-state index in [4.69, 9.17) is 15.0 Å². The van der Waals surface area contributed by atoms with Gasteiger partial charge in [-0.25, -0.2) is 15.0 Å². The van der Waals surface area contributed by atoms with Gasteiger partial charge in [-0.2, -0.15) is 0 Å². The number of hydrogen-bond acceptors (Lipinski definition) is 3. The van der Waals surface area contributed by atoms with Crippen LogP contribution >= 0.6 is 0 Å². The van der Waals surface area contributed by atoms with Crippen molar-refractivity contribution in [2.24, 2.45) is 0 Å². The lowest BCUT2D eigenvalue weighted by Crippen LogP contribution is -2.05. The van der Waals surface area contributed by atoms with Crippen LogP contribution in [0.1, 0.15) is 49.1 Å². The van der Waals surface area contributed by atoms with Gasteiger partial charge in [0, 0.05) is 16.7 Å². The lowest BCUT2D eigenvalue weighted by molar-refractivity contribution is 0.443. The number of rotatable bonds is 4. The van der Waals surface area contributed by atoms with Crippen molar-refractivity contribution in [1.82, 2.24) is 15.0 Å². The summed E-state index contributed by atoms with van der Waals surface area (Å²) in [6, 6.07) is 27.4. The van der Waals surface area contributed by atoms with Crippen LogP contribution in [0.15, 0.2) is 78.9 Å². The van der Waals surface area contributed by atoms with E-state index < -0.39 is 0 Å². The summed E-state index contributed by atoms with van der Waals surface area (Å²) in [4.78, 5) is 14.6. The Bertz CT molecular complexity index is 1160. The first-order valence-electron chi connectivity index (χ1n) is 11.3. The second-order valence-electron chi connectivity index (χ2n) is 8.50. The van der Waals surface area contributed by atoms with Crippen LogP contribution in [0.25, 0.3) is 34.2 Å². The third kappa shape index (κ3) is 4.41. The molecule has 3 aromatic carbocycles. The van der Waals surface area contributed by atoms with Crippen LogP contribution in [0, 0.1) is 6.92 Å². The smallest absolute Gasteiger partial charge is 0.164 e. The van der Waals surface area contributed by atoms with Gasteiger partial charge in [0.15, 0.2) is 17.5 Å². The first-order valence-corrected chi connectivity index (χ1v) is 11.3. The SMILES string of the molecule is Cc1ccc(-c2nc(-c3ccccc3)nc(-c3cccc(C4CCCCC4)c3)n2)cc1. The Labute approximate surface area is 184 Å². The summed E-state index contributed by atoms with van der Waals surface area (Å²) in [5.41, 5.74) is 5.71. The van der Waals surface area contributed by atoms with Crippen LogP contribution in [0.4, 0.5) is 0 Å². The van der Waals surface area contributed by atoms with Gasteiger partial charge in [-0.05, 0) is 37.3 Å². The zero-order valence-corrected chi connectivity index (χ0v) is 18.0. The van der Waals surface area contributed by atoms with Crippen LogP contribution in [-0.4, -0.2) is 15.0 Å². The molecule has 1 heterocycles. The van der Waals surface area contributed by atoms with Gasteiger partial charge >= 0.3 is 0 Å². The van der Waals surface area contributed by atoms with Crippen LogP contribution in [-0.2, 0) is 0 Å². The van der Waals surface area contributed by atoms with E-state index in [0.29, 0.717) is 17.6 Å². The van der Waals surface area contributed by atoms with Crippen molar-refractivity contribution in [3.8, 4) is 34.2 Å². The minimum atomic E-state index is 0.653. The Kier molecular flexibility index (Phi) is 5.57.